The van der Waals surface area contributed by atoms with Crippen molar-refractivity contribution in [3.8, 4) is 0 Å². The molecule has 0 aliphatic carbocycles. The van der Waals surface area contributed by atoms with E-state index in [2.05, 4.69) is 31.1 Å². The van der Waals surface area contributed by atoms with Gasteiger partial charge in [0, 0.05) is 23.5 Å². The highest BCUT2D eigenvalue weighted by atomic mass is 79.9. The Morgan fingerprint density at radius 2 is 2.19 bits per heavy atom. The van der Waals surface area contributed by atoms with Crippen LogP contribution in [0, 0.1) is 11.6 Å². The molecule has 6 nitrogen and oxygen atoms in total. The summed E-state index contributed by atoms with van der Waals surface area (Å²) >= 11 is 4.49. The summed E-state index contributed by atoms with van der Waals surface area (Å²) in [4.78, 5) is 18.0. The Hall–Kier alpha value is -2.20. The van der Waals surface area contributed by atoms with Crippen LogP contribution in [0.1, 0.15) is 23.5 Å². The van der Waals surface area contributed by atoms with E-state index in [1.54, 1.807) is 11.8 Å². The summed E-state index contributed by atoms with van der Waals surface area (Å²) in [6, 6.07) is 2.14. The maximum absolute atomic E-state index is 14.5. The number of aliphatic carboxylic acids is 1. The normalized spacial score (nSPS) is 17.5. The summed E-state index contributed by atoms with van der Waals surface area (Å²) in [5.74, 6) is -2.36. The second-order valence-corrected chi connectivity index (χ2v) is 6.73. The van der Waals surface area contributed by atoms with Crippen molar-refractivity contribution in [1.29, 1.82) is 0 Å². The molecule has 1 atom stereocenters. The molecule has 0 fully saturated rings. The van der Waals surface area contributed by atoms with Gasteiger partial charge in [-0.1, -0.05) is 33.3 Å². The fourth-order valence-corrected chi connectivity index (χ4v) is 3.83. The van der Waals surface area contributed by atoms with Gasteiger partial charge in [0.1, 0.15) is 17.1 Å². The van der Waals surface area contributed by atoms with Gasteiger partial charge in [-0.2, -0.15) is 0 Å². The molecule has 0 saturated carbocycles. The van der Waals surface area contributed by atoms with E-state index in [9.17, 15) is 18.7 Å². The van der Waals surface area contributed by atoms with Crippen LogP contribution < -0.4 is 0 Å². The summed E-state index contributed by atoms with van der Waals surface area (Å²) in [5, 5.41) is 18.2. The highest BCUT2D eigenvalue weighted by Crippen LogP contribution is 2.38. The summed E-state index contributed by atoms with van der Waals surface area (Å²) < 4.78 is 27.9. The molecule has 1 unspecified atom stereocenters. The van der Waals surface area contributed by atoms with E-state index in [-0.39, 0.29) is 22.2 Å². The molecule has 1 aliphatic heterocycles. The third kappa shape index (κ3) is 3.26. The number of carbonyl (C=O) groups is 1. The zero-order valence-electron chi connectivity index (χ0n) is 13.5. The average molecular weight is 443 g/mol. The van der Waals surface area contributed by atoms with Gasteiger partial charge in [-0.05, 0) is 13.0 Å². The molecular weight excluding hydrogens is 430 g/mol. The highest BCUT2D eigenvalue weighted by Gasteiger charge is 2.38. The van der Waals surface area contributed by atoms with Gasteiger partial charge in [0.15, 0.2) is 10.8 Å². The maximum atomic E-state index is 14.5. The number of carboxylic acids is 1. The van der Waals surface area contributed by atoms with Crippen molar-refractivity contribution in [3.05, 3.63) is 57.2 Å². The number of benzene rings is 1. The summed E-state index contributed by atoms with van der Waals surface area (Å²) in [6.45, 7) is 2.13. The van der Waals surface area contributed by atoms with Crippen LogP contribution in [0.15, 0.2) is 40.0 Å². The van der Waals surface area contributed by atoms with Crippen LogP contribution in [-0.4, -0.2) is 43.9 Å². The van der Waals surface area contributed by atoms with E-state index >= 15 is 0 Å². The van der Waals surface area contributed by atoms with Gasteiger partial charge >= 0.3 is 5.97 Å². The number of rotatable bonds is 5. The molecule has 136 valence electrons. The lowest BCUT2D eigenvalue weighted by Crippen LogP contribution is -2.41. The van der Waals surface area contributed by atoms with Crippen molar-refractivity contribution in [1.82, 2.24) is 15.1 Å². The SMILES string of the molecule is CCN1C(c2nncs2)=NC(CBr)=C(C(=O)O)C1c1ccc(F)cc1F. The van der Waals surface area contributed by atoms with E-state index in [0.29, 0.717) is 17.4 Å². The monoisotopic (exact) mass is 442 g/mol. The van der Waals surface area contributed by atoms with Gasteiger partial charge in [-0.25, -0.2) is 18.6 Å². The Bertz CT molecular complexity index is 902. The minimum Gasteiger partial charge on any atom is -0.478 e. The lowest BCUT2D eigenvalue weighted by atomic mass is 9.93. The molecule has 0 amide bonds. The van der Waals surface area contributed by atoms with E-state index < -0.39 is 23.6 Å². The number of aromatic nitrogens is 2. The number of likely N-dealkylation sites (N-methyl/N-ethyl adjacent to an activating group) is 1. The van der Waals surface area contributed by atoms with E-state index in [0.717, 1.165) is 12.1 Å². The number of allylic oxidation sites excluding steroid dienone is 1. The first-order valence-electron chi connectivity index (χ1n) is 7.57. The molecule has 2 aromatic rings. The molecule has 1 aromatic heterocycles. The van der Waals surface area contributed by atoms with Crippen molar-refractivity contribution < 1.29 is 18.7 Å². The molecule has 1 aromatic carbocycles. The Balaban J connectivity index is 2.26. The lowest BCUT2D eigenvalue weighted by Gasteiger charge is -2.37. The summed E-state index contributed by atoms with van der Waals surface area (Å²) in [6.07, 6.45) is 0. The molecule has 3 rings (SSSR count). The van der Waals surface area contributed by atoms with Crippen molar-refractivity contribution in [2.45, 2.75) is 13.0 Å². The second-order valence-electron chi connectivity index (χ2n) is 5.33. The zero-order chi connectivity index (χ0) is 18.8. The van der Waals surface area contributed by atoms with Crippen LogP contribution in [-0.2, 0) is 4.79 Å². The molecule has 0 saturated heterocycles. The Morgan fingerprint density at radius 3 is 2.73 bits per heavy atom. The van der Waals surface area contributed by atoms with Gasteiger partial charge in [0.2, 0.25) is 0 Å². The van der Waals surface area contributed by atoms with E-state index in [1.807, 2.05) is 0 Å². The Labute approximate surface area is 160 Å². The first-order chi connectivity index (χ1) is 12.5. The van der Waals surface area contributed by atoms with Crippen LogP contribution in [0.4, 0.5) is 8.78 Å². The molecule has 0 spiro atoms. The molecule has 0 radical (unpaired) electrons. The lowest BCUT2D eigenvalue weighted by molar-refractivity contribution is -0.133. The molecule has 26 heavy (non-hydrogen) atoms. The van der Waals surface area contributed by atoms with Crippen LogP contribution in [0.25, 0.3) is 0 Å². The topological polar surface area (TPSA) is 78.7 Å². The standard InChI is InChI=1S/C16H13BrF2N4O2S/c1-2-23-13(9-4-3-8(18)5-10(9)19)12(16(24)25)11(6-17)21-14(23)15-22-20-7-26-15/h3-5,7,13H,2,6H2,1H3,(H,24,25). The predicted octanol–water partition coefficient (Wildman–Crippen LogP) is 3.37. The number of alkyl halides is 1. The second kappa shape index (κ2) is 7.58. The Morgan fingerprint density at radius 1 is 1.42 bits per heavy atom. The highest BCUT2D eigenvalue weighted by molar-refractivity contribution is 9.09. The van der Waals surface area contributed by atoms with Gasteiger partial charge in [-0.3, -0.25) is 0 Å². The quantitative estimate of drug-likeness (QED) is 0.718. The van der Waals surface area contributed by atoms with Gasteiger partial charge in [-0.15, -0.1) is 10.2 Å². The number of hydrogen-bond donors (Lipinski definition) is 1. The third-order valence-electron chi connectivity index (χ3n) is 3.92. The number of aliphatic imine (C=N–C) groups is 1. The maximum Gasteiger partial charge on any atom is 0.335 e. The number of carboxylic acid groups (broad SMARTS) is 1. The fourth-order valence-electron chi connectivity index (χ4n) is 2.85. The minimum atomic E-state index is -1.22. The predicted molar refractivity (Wildman–Crippen MR) is 96.4 cm³/mol. The van der Waals surface area contributed by atoms with E-state index in [4.69, 9.17) is 0 Å². The molecule has 2 heterocycles. The molecule has 0 bridgehead atoms. The minimum absolute atomic E-state index is 0.0565. The number of hydrogen-bond acceptors (Lipinski definition) is 6. The average Bonchev–Trinajstić information content (AvgIpc) is 3.14. The smallest absolute Gasteiger partial charge is 0.335 e. The molecular formula is C16H13BrF2N4O2S. The van der Waals surface area contributed by atoms with Crippen molar-refractivity contribution in [2.24, 2.45) is 4.99 Å². The van der Waals surface area contributed by atoms with Crippen LogP contribution in [0.5, 0.6) is 0 Å². The number of nitrogens with zero attached hydrogens (tertiary/aromatic N) is 4. The largest absolute Gasteiger partial charge is 0.478 e. The number of halogens is 3. The van der Waals surface area contributed by atoms with Crippen molar-refractivity contribution >= 4 is 39.1 Å². The third-order valence-corrected chi connectivity index (χ3v) is 5.13. The molecule has 1 N–H and O–H groups in total. The first kappa shape index (κ1) is 18.6. The summed E-state index contributed by atoms with van der Waals surface area (Å²) in [5.41, 5.74) is 1.77. The molecule has 1 aliphatic rings. The van der Waals surface area contributed by atoms with E-state index in [1.165, 1.54) is 22.9 Å². The summed E-state index contributed by atoms with van der Waals surface area (Å²) in [7, 11) is 0. The molecule has 10 heteroatoms. The van der Waals surface area contributed by atoms with Gasteiger partial charge in [0.25, 0.3) is 0 Å². The number of amidine groups is 1. The van der Waals surface area contributed by atoms with Gasteiger partial charge < -0.3 is 10.0 Å². The first-order valence-corrected chi connectivity index (χ1v) is 9.57. The van der Waals surface area contributed by atoms with Crippen molar-refractivity contribution in [3.63, 3.8) is 0 Å². The van der Waals surface area contributed by atoms with Crippen LogP contribution in [0.3, 0.4) is 0 Å². The Kier molecular flexibility index (Phi) is 5.42. The van der Waals surface area contributed by atoms with Gasteiger partial charge in [0.05, 0.1) is 17.3 Å². The van der Waals surface area contributed by atoms with Crippen LogP contribution >= 0.6 is 27.3 Å². The fraction of sp³-hybridized carbons (Fsp3) is 0.250. The van der Waals surface area contributed by atoms with Crippen LogP contribution in [0.2, 0.25) is 0 Å². The van der Waals surface area contributed by atoms with Crippen molar-refractivity contribution in [2.75, 3.05) is 11.9 Å². The zero-order valence-corrected chi connectivity index (χ0v) is 15.9.